The average Bonchev–Trinajstić information content (AvgIpc) is 3.12. The third-order valence-electron chi connectivity index (χ3n) is 4.89. The number of hydrogen-bond donors (Lipinski definition) is 1. The number of halogens is 1. The zero-order valence-corrected chi connectivity index (χ0v) is 16.8. The normalized spacial score (nSPS) is 12.1. The molecule has 4 aromatic rings. The molecular formula is C23H21ClN4O. The van der Waals surface area contributed by atoms with E-state index in [2.05, 4.69) is 20.9 Å². The first kappa shape index (κ1) is 19.2. The van der Waals surface area contributed by atoms with Crippen LogP contribution < -0.4 is 5.32 Å². The van der Waals surface area contributed by atoms with Crippen LogP contribution in [0.4, 0.5) is 0 Å². The summed E-state index contributed by atoms with van der Waals surface area (Å²) in [6, 6.07) is 19.1. The molecule has 2 aromatic heterocycles. The van der Waals surface area contributed by atoms with Gasteiger partial charge in [-0.05, 0) is 48.4 Å². The molecule has 1 atom stereocenters. The van der Waals surface area contributed by atoms with Gasteiger partial charge in [0.15, 0.2) is 0 Å². The molecule has 6 heteroatoms. The molecule has 4 rings (SSSR count). The van der Waals surface area contributed by atoms with Crippen LogP contribution in [0.3, 0.4) is 0 Å². The van der Waals surface area contributed by atoms with Crippen molar-refractivity contribution < 1.29 is 4.79 Å². The second-order valence-electron chi connectivity index (χ2n) is 6.85. The molecule has 0 saturated carbocycles. The molecule has 0 aliphatic rings. The number of nitrogens with one attached hydrogen (secondary N) is 1. The van der Waals surface area contributed by atoms with Crippen LogP contribution in [-0.4, -0.2) is 20.4 Å². The van der Waals surface area contributed by atoms with Crippen LogP contribution in [0.25, 0.3) is 11.0 Å². The number of para-hydroxylation sites is 2. The van der Waals surface area contributed by atoms with Crippen LogP contribution in [0.5, 0.6) is 0 Å². The standard InChI is InChI=1S/C23H21ClN4O/c1-2-19(27-23(29)17-6-5-13-25-14-17)22-26-20-7-3-4-8-21(20)28(22)15-16-9-11-18(24)12-10-16/h3-14,19H,2,15H2,1H3,(H,27,29). The number of fused-ring (bicyclic) bond motifs is 1. The maximum atomic E-state index is 12.7. The van der Waals surface area contributed by atoms with Gasteiger partial charge in [0.25, 0.3) is 5.91 Å². The molecule has 1 unspecified atom stereocenters. The highest BCUT2D eigenvalue weighted by Gasteiger charge is 2.21. The Labute approximate surface area is 174 Å². The van der Waals surface area contributed by atoms with E-state index in [4.69, 9.17) is 16.6 Å². The number of amides is 1. The fourth-order valence-electron chi connectivity index (χ4n) is 3.39. The van der Waals surface area contributed by atoms with Gasteiger partial charge < -0.3 is 9.88 Å². The minimum Gasteiger partial charge on any atom is -0.342 e. The summed E-state index contributed by atoms with van der Waals surface area (Å²) in [6.45, 7) is 2.69. The molecule has 29 heavy (non-hydrogen) atoms. The van der Waals surface area contributed by atoms with E-state index in [1.807, 2.05) is 49.4 Å². The van der Waals surface area contributed by atoms with Crippen molar-refractivity contribution in [3.8, 4) is 0 Å². The summed E-state index contributed by atoms with van der Waals surface area (Å²) >= 11 is 6.04. The van der Waals surface area contributed by atoms with E-state index in [1.54, 1.807) is 24.5 Å². The van der Waals surface area contributed by atoms with Crippen molar-refractivity contribution in [1.29, 1.82) is 0 Å². The maximum absolute atomic E-state index is 12.7. The van der Waals surface area contributed by atoms with Gasteiger partial charge in [-0.3, -0.25) is 9.78 Å². The van der Waals surface area contributed by atoms with Crippen molar-refractivity contribution in [2.75, 3.05) is 0 Å². The topological polar surface area (TPSA) is 59.8 Å². The Hall–Kier alpha value is -3.18. The predicted octanol–water partition coefficient (Wildman–Crippen LogP) is 5.01. The summed E-state index contributed by atoms with van der Waals surface area (Å²) in [6.07, 6.45) is 3.94. The molecule has 146 valence electrons. The van der Waals surface area contributed by atoms with E-state index in [0.29, 0.717) is 17.1 Å². The summed E-state index contributed by atoms with van der Waals surface area (Å²) in [4.78, 5) is 21.6. The quantitative estimate of drug-likeness (QED) is 0.491. The molecule has 1 amide bonds. The Morgan fingerprint density at radius 3 is 2.62 bits per heavy atom. The first-order valence-corrected chi connectivity index (χ1v) is 9.94. The van der Waals surface area contributed by atoms with Gasteiger partial charge >= 0.3 is 0 Å². The predicted molar refractivity (Wildman–Crippen MR) is 115 cm³/mol. The Kier molecular flexibility index (Phi) is 5.58. The molecule has 2 heterocycles. The third-order valence-corrected chi connectivity index (χ3v) is 5.14. The molecule has 0 saturated heterocycles. The highest BCUT2D eigenvalue weighted by molar-refractivity contribution is 6.30. The lowest BCUT2D eigenvalue weighted by atomic mass is 10.1. The van der Waals surface area contributed by atoms with E-state index >= 15 is 0 Å². The molecule has 0 aliphatic heterocycles. The average molecular weight is 405 g/mol. The molecule has 0 radical (unpaired) electrons. The third kappa shape index (κ3) is 4.15. The Balaban J connectivity index is 1.71. The number of carbonyl (C=O) groups is 1. The van der Waals surface area contributed by atoms with Gasteiger partial charge in [0.1, 0.15) is 5.82 Å². The summed E-state index contributed by atoms with van der Waals surface area (Å²) in [5.74, 6) is 0.677. The number of rotatable bonds is 6. The summed E-state index contributed by atoms with van der Waals surface area (Å²) in [5, 5.41) is 3.82. The first-order chi connectivity index (χ1) is 14.2. The number of benzene rings is 2. The highest BCUT2D eigenvalue weighted by atomic mass is 35.5. The van der Waals surface area contributed by atoms with Crippen LogP contribution in [-0.2, 0) is 6.54 Å². The molecule has 0 spiro atoms. The minimum absolute atomic E-state index is 0.157. The smallest absolute Gasteiger partial charge is 0.253 e. The monoisotopic (exact) mass is 404 g/mol. The largest absolute Gasteiger partial charge is 0.342 e. The lowest BCUT2D eigenvalue weighted by Gasteiger charge is -2.19. The van der Waals surface area contributed by atoms with Gasteiger partial charge in [-0.25, -0.2) is 4.98 Å². The fourth-order valence-corrected chi connectivity index (χ4v) is 3.51. The van der Waals surface area contributed by atoms with Gasteiger partial charge in [-0.1, -0.05) is 42.8 Å². The Morgan fingerprint density at radius 2 is 1.90 bits per heavy atom. The molecule has 5 nitrogen and oxygen atoms in total. The van der Waals surface area contributed by atoms with Crippen molar-refractivity contribution in [2.45, 2.75) is 25.9 Å². The zero-order valence-electron chi connectivity index (χ0n) is 16.0. The van der Waals surface area contributed by atoms with Crippen molar-refractivity contribution >= 4 is 28.5 Å². The van der Waals surface area contributed by atoms with Crippen molar-refractivity contribution in [3.05, 3.63) is 95.0 Å². The van der Waals surface area contributed by atoms with Gasteiger partial charge in [0.2, 0.25) is 0 Å². The van der Waals surface area contributed by atoms with Crippen LogP contribution >= 0.6 is 11.6 Å². The molecule has 0 aliphatic carbocycles. The van der Waals surface area contributed by atoms with E-state index in [-0.39, 0.29) is 11.9 Å². The number of pyridine rings is 1. The number of nitrogens with zero attached hydrogens (tertiary/aromatic N) is 3. The van der Waals surface area contributed by atoms with Gasteiger partial charge in [-0.15, -0.1) is 0 Å². The van der Waals surface area contributed by atoms with Crippen LogP contribution in [0.2, 0.25) is 5.02 Å². The Morgan fingerprint density at radius 1 is 1.10 bits per heavy atom. The number of aromatic nitrogens is 3. The molecule has 0 fully saturated rings. The fraction of sp³-hybridized carbons (Fsp3) is 0.174. The lowest BCUT2D eigenvalue weighted by molar-refractivity contribution is 0.0932. The summed E-state index contributed by atoms with van der Waals surface area (Å²) < 4.78 is 2.16. The first-order valence-electron chi connectivity index (χ1n) is 9.56. The minimum atomic E-state index is -0.220. The summed E-state index contributed by atoms with van der Waals surface area (Å²) in [7, 11) is 0. The SMILES string of the molecule is CCC(NC(=O)c1cccnc1)c1nc2ccccc2n1Cc1ccc(Cl)cc1. The van der Waals surface area contributed by atoms with Crippen LogP contribution in [0, 0.1) is 0 Å². The van der Waals surface area contributed by atoms with Crippen molar-refractivity contribution in [1.82, 2.24) is 19.9 Å². The molecule has 0 bridgehead atoms. The number of imidazole rings is 1. The van der Waals surface area contributed by atoms with Gasteiger partial charge in [0, 0.05) is 24.0 Å². The second kappa shape index (κ2) is 8.45. The zero-order chi connectivity index (χ0) is 20.2. The van der Waals surface area contributed by atoms with Crippen molar-refractivity contribution in [2.24, 2.45) is 0 Å². The van der Waals surface area contributed by atoms with Crippen LogP contribution in [0.15, 0.2) is 73.1 Å². The molecule has 2 aromatic carbocycles. The lowest BCUT2D eigenvalue weighted by Crippen LogP contribution is -2.30. The van der Waals surface area contributed by atoms with E-state index in [1.165, 1.54) is 0 Å². The van der Waals surface area contributed by atoms with Gasteiger partial charge in [-0.2, -0.15) is 0 Å². The highest BCUT2D eigenvalue weighted by Crippen LogP contribution is 2.25. The van der Waals surface area contributed by atoms with Crippen molar-refractivity contribution in [3.63, 3.8) is 0 Å². The van der Waals surface area contributed by atoms with E-state index in [9.17, 15) is 4.79 Å². The summed E-state index contributed by atoms with van der Waals surface area (Å²) in [5.41, 5.74) is 3.59. The Bertz CT molecular complexity index is 1120. The van der Waals surface area contributed by atoms with Crippen LogP contribution in [0.1, 0.15) is 41.1 Å². The maximum Gasteiger partial charge on any atom is 0.253 e. The second-order valence-corrected chi connectivity index (χ2v) is 7.28. The molecular weight excluding hydrogens is 384 g/mol. The van der Waals surface area contributed by atoms with E-state index < -0.39 is 0 Å². The number of carbonyl (C=O) groups excluding carboxylic acids is 1. The van der Waals surface area contributed by atoms with E-state index in [0.717, 1.165) is 28.8 Å². The van der Waals surface area contributed by atoms with Gasteiger partial charge in [0.05, 0.1) is 22.6 Å². The number of hydrogen-bond acceptors (Lipinski definition) is 3. The molecule has 1 N–H and O–H groups in total.